The number of nitrogens with zero attached hydrogens (tertiary/aromatic N) is 2. The van der Waals surface area contributed by atoms with E-state index < -0.39 is 0 Å². The molecular formula is C20H21N3O2S. The summed E-state index contributed by atoms with van der Waals surface area (Å²) in [5, 5.41) is 2.92. The molecule has 0 fully saturated rings. The van der Waals surface area contributed by atoms with Crippen LogP contribution in [0, 0.1) is 6.92 Å². The topological polar surface area (TPSA) is 64.1 Å². The Morgan fingerprint density at radius 2 is 1.92 bits per heavy atom. The van der Waals surface area contributed by atoms with Crippen LogP contribution in [-0.4, -0.2) is 14.7 Å². The lowest BCUT2D eigenvalue weighted by Crippen LogP contribution is -2.12. The summed E-state index contributed by atoms with van der Waals surface area (Å²) in [6, 6.07) is 15.0. The molecule has 6 heteroatoms. The molecule has 1 aromatic heterocycles. The van der Waals surface area contributed by atoms with E-state index in [4.69, 9.17) is 4.74 Å². The maximum atomic E-state index is 12.5. The fraction of sp³-hybridized carbons (Fsp3) is 0.250. The number of rotatable bonds is 6. The third-order valence-corrected chi connectivity index (χ3v) is 4.71. The molecule has 0 unspecified atom stereocenters. The van der Waals surface area contributed by atoms with Crippen molar-refractivity contribution in [1.82, 2.24) is 8.75 Å². The van der Waals surface area contributed by atoms with E-state index in [0.29, 0.717) is 23.8 Å². The summed E-state index contributed by atoms with van der Waals surface area (Å²) in [6.07, 6.45) is 0. The Morgan fingerprint density at radius 3 is 2.58 bits per heavy atom. The molecule has 5 nitrogen and oxygen atoms in total. The van der Waals surface area contributed by atoms with Crippen molar-refractivity contribution in [2.45, 2.75) is 33.3 Å². The minimum atomic E-state index is -0.167. The van der Waals surface area contributed by atoms with E-state index in [1.807, 2.05) is 37.3 Å². The molecule has 0 saturated heterocycles. The maximum absolute atomic E-state index is 12.5. The summed E-state index contributed by atoms with van der Waals surface area (Å²) in [5.41, 5.74) is 4.24. The van der Waals surface area contributed by atoms with E-state index in [1.165, 1.54) is 17.3 Å². The zero-order chi connectivity index (χ0) is 18.5. The second-order valence-electron chi connectivity index (χ2n) is 6.34. The zero-order valence-electron chi connectivity index (χ0n) is 15.0. The molecule has 26 heavy (non-hydrogen) atoms. The highest BCUT2D eigenvalue weighted by Crippen LogP contribution is 2.19. The standard InChI is InChI=1S/C20H21N3O2S/c1-13(2)15-7-9-17(10-8-15)21-20(24)16-5-4-6-18(11-16)25-12-19-14(3)22-26-23-19/h4-11,13H,12H2,1-3H3,(H,21,24). The van der Waals surface area contributed by atoms with Gasteiger partial charge in [0.15, 0.2) is 0 Å². The van der Waals surface area contributed by atoms with Crippen LogP contribution in [0.25, 0.3) is 0 Å². The van der Waals surface area contributed by atoms with Crippen molar-refractivity contribution in [2.24, 2.45) is 0 Å². The van der Waals surface area contributed by atoms with Gasteiger partial charge in [0.25, 0.3) is 5.91 Å². The molecule has 3 aromatic rings. The molecule has 2 aromatic carbocycles. The van der Waals surface area contributed by atoms with Crippen LogP contribution in [0.2, 0.25) is 0 Å². The number of benzene rings is 2. The first kappa shape index (κ1) is 18.1. The second-order valence-corrected chi connectivity index (χ2v) is 6.87. The van der Waals surface area contributed by atoms with E-state index in [9.17, 15) is 4.79 Å². The van der Waals surface area contributed by atoms with Gasteiger partial charge < -0.3 is 10.1 Å². The van der Waals surface area contributed by atoms with Crippen molar-refractivity contribution < 1.29 is 9.53 Å². The van der Waals surface area contributed by atoms with Crippen molar-refractivity contribution in [3.63, 3.8) is 0 Å². The Hall–Kier alpha value is -2.73. The number of amides is 1. The van der Waals surface area contributed by atoms with Crippen LogP contribution in [0.15, 0.2) is 48.5 Å². The highest BCUT2D eigenvalue weighted by Gasteiger charge is 2.09. The molecule has 0 atom stereocenters. The maximum Gasteiger partial charge on any atom is 0.255 e. The SMILES string of the molecule is Cc1nsnc1COc1cccc(C(=O)Nc2ccc(C(C)C)cc2)c1. The van der Waals surface area contributed by atoms with Crippen LogP contribution < -0.4 is 10.1 Å². The quantitative estimate of drug-likeness (QED) is 0.679. The molecule has 0 aliphatic carbocycles. The Kier molecular flexibility index (Phi) is 5.63. The number of aromatic nitrogens is 2. The van der Waals surface area contributed by atoms with Gasteiger partial charge in [-0.2, -0.15) is 8.75 Å². The van der Waals surface area contributed by atoms with Gasteiger partial charge in [0.05, 0.1) is 17.4 Å². The fourth-order valence-electron chi connectivity index (χ4n) is 2.41. The normalized spacial score (nSPS) is 10.8. The highest BCUT2D eigenvalue weighted by molar-refractivity contribution is 6.99. The lowest BCUT2D eigenvalue weighted by atomic mass is 10.0. The average molecular weight is 367 g/mol. The zero-order valence-corrected chi connectivity index (χ0v) is 15.8. The Balaban J connectivity index is 1.65. The fourth-order valence-corrected chi connectivity index (χ4v) is 2.97. The van der Waals surface area contributed by atoms with E-state index in [1.54, 1.807) is 18.2 Å². The van der Waals surface area contributed by atoms with Gasteiger partial charge in [-0.1, -0.05) is 32.0 Å². The molecule has 1 heterocycles. The van der Waals surface area contributed by atoms with Crippen LogP contribution in [-0.2, 0) is 6.61 Å². The molecule has 134 valence electrons. The number of hydrogen-bond donors (Lipinski definition) is 1. The van der Waals surface area contributed by atoms with Gasteiger partial charge in [0, 0.05) is 11.3 Å². The number of aryl methyl sites for hydroxylation is 1. The first-order valence-corrected chi connectivity index (χ1v) is 9.18. The predicted octanol–water partition coefficient (Wildman–Crippen LogP) is 4.80. The second kappa shape index (κ2) is 8.10. The predicted molar refractivity (Wildman–Crippen MR) is 104 cm³/mol. The van der Waals surface area contributed by atoms with Crippen LogP contribution in [0.5, 0.6) is 5.75 Å². The molecule has 3 rings (SSSR count). The summed E-state index contributed by atoms with van der Waals surface area (Å²) < 4.78 is 14.1. The van der Waals surface area contributed by atoms with Crippen LogP contribution in [0.3, 0.4) is 0 Å². The van der Waals surface area contributed by atoms with Crippen molar-refractivity contribution in [2.75, 3.05) is 5.32 Å². The van der Waals surface area contributed by atoms with Crippen LogP contribution >= 0.6 is 11.7 Å². The van der Waals surface area contributed by atoms with Gasteiger partial charge in [0.2, 0.25) is 0 Å². The number of ether oxygens (including phenoxy) is 1. The first-order chi connectivity index (χ1) is 12.5. The summed E-state index contributed by atoms with van der Waals surface area (Å²) in [7, 11) is 0. The summed E-state index contributed by atoms with van der Waals surface area (Å²) in [5.74, 6) is 0.921. The Morgan fingerprint density at radius 1 is 1.15 bits per heavy atom. The molecule has 1 N–H and O–H groups in total. The summed E-state index contributed by atoms with van der Waals surface area (Å²) in [6.45, 7) is 6.52. The lowest BCUT2D eigenvalue weighted by Gasteiger charge is -2.10. The van der Waals surface area contributed by atoms with Crippen molar-refractivity contribution in [3.8, 4) is 5.75 Å². The van der Waals surface area contributed by atoms with Gasteiger partial charge in [0.1, 0.15) is 18.1 Å². The number of nitrogens with one attached hydrogen (secondary N) is 1. The minimum absolute atomic E-state index is 0.167. The summed E-state index contributed by atoms with van der Waals surface area (Å²) >= 11 is 1.17. The van der Waals surface area contributed by atoms with Gasteiger partial charge >= 0.3 is 0 Å². The molecule has 0 aliphatic rings. The van der Waals surface area contributed by atoms with E-state index >= 15 is 0 Å². The number of carbonyl (C=O) groups excluding carboxylic acids is 1. The minimum Gasteiger partial charge on any atom is -0.487 e. The molecule has 0 spiro atoms. The van der Waals surface area contributed by atoms with Gasteiger partial charge in [-0.25, -0.2) is 0 Å². The Bertz CT molecular complexity index is 888. The number of anilines is 1. The van der Waals surface area contributed by atoms with E-state index in [0.717, 1.165) is 17.1 Å². The molecule has 1 amide bonds. The monoisotopic (exact) mass is 367 g/mol. The first-order valence-electron chi connectivity index (χ1n) is 8.45. The number of carbonyl (C=O) groups is 1. The largest absolute Gasteiger partial charge is 0.487 e. The third kappa shape index (κ3) is 4.46. The Labute approximate surface area is 157 Å². The van der Waals surface area contributed by atoms with Crippen LogP contribution in [0.1, 0.15) is 47.1 Å². The van der Waals surface area contributed by atoms with Gasteiger partial charge in [-0.15, -0.1) is 0 Å². The third-order valence-electron chi connectivity index (χ3n) is 4.05. The molecule has 0 radical (unpaired) electrons. The molecule has 0 aliphatic heterocycles. The van der Waals surface area contributed by atoms with Gasteiger partial charge in [-0.3, -0.25) is 4.79 Å². The lowest BCUT2D eigenvalue weighted by molar-refractivity contribution is 0.102. The van der Waals surface area contributed by atoms with Crippen molar-refractivity contribution >= 4 is 23.3 Å². The van der Waals surface area contributed by atoms with Crippen LogP contribution in [0.4, 0.5) is 5.69 Å². The average Bonchev–Trinajstić information content (AvgIpc) is 3.05. The van der Waals surface area contributed by atoms with Gasteiger partial charge in [-0.05, 0) is 48.7 Å². The highest BCUT2D eigenvalue weighted by atomic mass is 32.1. The van der Waals surface area contributed by atoms with Crippen molar-refractivity contribution in [1.29, 1.82) is 0 Å². The van der Waals surface area contributed by atoms with E-state index in [-0.39, 0.29) is 5.91 Å². The van der Waals surface area contributed by atoms with Crippen molar-refractivity contribution in [3.05, 3.63) is 71.0 Å². The molecular weight excluding hydrogens is 346 g/mol. The molecule has 0 saturated carbocycles. The number of hydrogen-bond acceptors (Lipinski definition) is 5. The molecule has 0 bridgehead atoms. The smallest absolute Gasteiger partial charge is 0.255 e. The summed E-state index contributed by atoms with van der Waals surface area (Å²) in [4.78, 5) is 12.5. The van der Waals surface area contributed by atoms with E-state index in [2.05, 4.69) is 27.9 Å².